The standard InChI is InChI=1S/C11H14O3S/c1-2-4-9-5-3-6-10-11(9)15(12,13)8-7-14-10/h3,5-6H,2,4,7-8H2,1H3. The Balaban J connectivity index is 2.60. The van der Waals surface area contributed by atoms with Crippen LogP contribution in [0.5, 0.6) is 5.75 Å². The molecule has 0 aliphatic carbocycles. The van der Waals surface area contributed by atoms with Crippen LogP contribution in [-0.4, -0.2) is 20.8 Å². The van der Waals surface area contributed by atoms with Crippen LogP contribution in [0.2, 0.25) is 0 Å². The summed E-state index contributed by atoms with van der Waals surface area (Å²) in [5, 5.41) is 0. The van der Waals surface area contributed by atoms with Crippen LogP contribution in [-0.2, 0) is 16.3 Å². The molecule has 3 nitrogen and oxygen atoms in total. The first-order valence-electron chi connectivity index (χ1n) is 5.12. The van der Waals surface area contributed by atoms with Gasteiger partial charge in [-0.25, -0.2) is 8.42 Å². The second-order valence-electron chi connectivity index (χ2n) is 3.66. The third kappa shape index (κ3) is 1.86. The van der Waals surface area contributed by atoms with Crippen LogP contribution in [0.3, 0.4) is 0 Å². The Labute approximate surface area is 90.0 Å². The van der Waals surface area contributed by atoms with Gasteiger partial charge in [0, 0.05) is 0 Å². The van der Waals surface area contributed by atoms with Gasteiger partial charge in [0.25, 0.3) is 0 Å². The summed E-state index contributed by atoms with van der Waals surface area (Å²) in [6.45, 7) is 2.31. The van der Waals surface area contributed by atoms with Gasteiger partial charge >= 0.3 is 0 Å². The summed E-state index contributed by atoms with van der Waals surface area (Å²) in [6.07, 6.45) is 1.72. The van der Waals surface area contributed by atoms with Crippen molar-refractivity contribution in [2.45, 2.75) is 24.7 Å². The van der Waals surface area contributed by atoms with Crippen LogP contribution in [0.25, 0.3) is 0 Å². The van der Waals surface area contributed by atoms with E-state index in [1.54, 1.807) is 6.07 Å². The van der Waals surface area contributed by atoms with Crippen LogP contribution in [0, 0.1) is 0 Å². The van der Waals surface area contributed by atoms with Crippen molar-refractivity contribution in [1.29, 1.82) is 0 Å². The first-order valence-corrected chi connectivity index (χ1v) is 6.78. The van der Waals surface area contributed by atoms with E-state index in [4.69, 9.17) is 4.74 Å². The molecule has 0 bridgehead atoms. The van der Waals surface area contributed by atoms with E-state index in [0.717, 1.165) is 18.4 Å². The number of rotatable bonds is 2. The van der Waals surface area contributed by atoms with E-state index >= 15 is 0 Å². The molecule has 0 N–H and O–H groups in total. The lowest BCUT2D eigenvalue weighted by Crippen LogP contribution is -2.22. The molecule has 0 saturated carbocycles. The second-order valence-corrected chi connectivity index (χ2v) is 5.71. The van der Waals surface area contributed by atoms with Crippen LogP contribution in [0.4, 0.5) is 0 Å². The topological polar surface area (TPSA) is 43.4 Å². The molecule has 0 amide bonds. The van der Waals surface area contributed by atoms with E-state index in [-0.39, 0.29) is 12.4 Å². The van der Waals surface area contributed by atoms with Crippen molar-refractivity contribution >= 4 is 9.84 Å². The number of hydrogen-bond donors (Lipinski definition) is 0. The van der Waals surface area contributed by atoms with Gasteiger partial charge in [0.1, 0.15) is 17.3 Å². The predicted octanol–water partition coefficient (Wildman–Crippen LogP) is 1.81. The zero-order valence-corrected chi connectivity index (χ0v) is 9.51. The Kier molecular flexibility index (Phi) is 2.69. The molecule has 0 unspecified atom stereocenters. The zero-order valence-electron chi connectivity index (χ0n) is 8.69. The van der Waals surface area contributed by atoms with E-state index in [9.17, 15) is 8.42 Å². The highest BCUT2D eigenvalue weighted by Gasteiger charge is 2.27. The normalized spacial score (nSPS) is 17.9. The van der Waals surface area contributed by atoms with Crippen molar-refractivity contribution in [1.82, 2.24) is 0 Å². The molecule has 0 radical (unpaired) electrons. The quantitative estimate of drug-likeness (QED) is 0.772. The average molecular weight is 226 g/mol. The van der Waals surface area contributed by atoms with E-state index in [1.165, 1.54) is 0 Å². The Morgan fingerprint density at radius 3 is 2.93 bits per heavy atom. The van der Waals surface area contributed by atoms with Gasteiger partial charge in [-0.15, -0.1) is 0 Å². The molecular formula is C11H14O3S. The molecule has 4 heteroatoms. The number of sulfone groups is 1. The molecule has 82 valence electrons. The monoisotopic (exact) mass is 226 g/mol. The number of ether oxygens (including phenoxy) is 1. The van der Waals surface area contributed by atoms with Gasteiger partial charge in [-0.3, -0.25) is 0 Å². The Morgan fingerprint density at radius 2 is 2.20 bits per heavy atom. The lowest BCUT2D eigenvalue weighted by molar-refractivity contribution is 0.321. The molecule has 1 aliphatic rings. The number of hydrogen-bond acceptors (Lipinski definition) is 3. The molecule has 2 rings (SSSR count). The van der Waals surface area contributed by atoms with Crippen molar-refractivity contribution in [3.63, 3.8) is 0 Å². The van der Waals surface area contributed by atoms with Gasteiger partial charge in [-0.05, 0) is 18.1 Å². The molecule has 1 heterocycles. The molecule has 0 atom stereocenters. The smallest absolute Gasteiger partial charge is 0.185 e. The third-order valence-corrected chi connectivity index (χ3v) is 4.29. The molecule has 15 heavy (non-hydrogen) atoms. The van der Waals surface area contributed by atoms with Crippen LogP contribution >= 0.6 is 0 Å². The highest BCUT2D eigenvalue weighted by molar-refractivity contribution is 7.91. The summed E-state index contributed by atoms with van der Waals surface area (Å²) >= 11 is 0. The van der Waals surface area contributed by atoms with E-state index < -0.39 is 9.84 Å². The summed E-state index contributed by atoms with van der Waals surface area (Å²) in [5.41, 5.74) is 0.884. The summed E-state index contributed by atoms with van der Waals surface area (Å²) in [4.78, 5) is 0.415. The average Bonchev–Trinajstić information content (AvgIpc) is 2.17. The summed E-state index contributed by atoms with van der Waals surface area (Å²) in [7, 11) is -3.12. The highest BCUT2D eigenvalue weighted by Crippen LogP contribution is 2.32. The van der Waals surface area contributed by atoms with Crippen LogP contribution in [0.15, 0.2) is 23.1 Å². The fraction of sp³-hybridized carbons (Fsp3) is 0.455. The Morgan fingerprint density at radius 1 is 1.40 bits per heavy atom. The first kappa shape index (κ1) is 10.5. The van der Waals surface area contributed by atoms with Crippen molar-refractivity contribution in [2.75, 3.05) is 12.4 Å². The highest BCUT2D eigenvalue weighted by atomic mass is 32.2. The fourth-order valence-electron chi connectivity index (χ4n) is 1.86. The van der Waals surface area contributed by atoms with Gasteiger partial charge in [-0.2, -0.15) is 0 Å². The molecular weight excluding hydrogens is 212 g/mol. The van der Waals surface area contributed by atoms with Crippen LogP contribution in [0.1, 0.15) is 18.9 Å². The van der Waals surface area contributed by atoms with E-state index in [1.807, 2.05) is 19.1 Å². The summed E-state index contributed by atoms with van der Waals surface area (Å²) < 4.78 is 29.1. The molecule has 0 aromatic heterocycles. The largest absolute Gasteiger partial charge is 0.491 e. The molecule has 0 fully saturated rings. The molecule has 0 spiro atoms. The fourth-order valence-corrected chi connectivity index (χ4v) is 3.37. The van der Waals surface area contributed by atoms with E-state index in [0.29, 0.717) is 10.6 Å². The predicted molar refractivity (Wildman–Crippen MR) is 58.0 cm³/mol. The third-order valence-electron chi connectivity index (χ3n) is 2.50. The molecule has 0 saturated heterocycles. The van der Waals surface area contributed by atoms with Gasteiger partial charge < -0.3 is 4.74 Å². The van der Waals surface area contributed by atoms with Crippen molar-refractivity contribution < 1.29 is 13.2 Å². The molecule has 1 aliphatic heterocycles. The van der Waals surface area contributed by atoms with Gasteiger partial charge in [0.2, 0.25) is 0 Å². The SMILES string of the molecule is CCCc1cccc2c1S(=O)(=O)CCO2. The minimum atomic E-state index is -3.12. The number of fused-ring (bicyclic) bond motifs is 1. The maximum atomic E-state index is 11.9. The number of benzene rings is 1. The zero-order chi connectivity index (χ0) is 10.9. The van der Waals surface area contributed by atoms with Crippen LogP contribution < -0.4 is 4.74 Å². The lowest BCUT2D eigenvalue weighted by Gasteiger charge is -2.20. The summed E-state index contributed by atoms with van der Waals surface area (Å²) in [5.74, 6) is 0.618. The maximum Gasteiger partial charge on any atom is 0.185 e. The van der Waals surface area contributed by atoms with Crippen molar-refractivity contribution in [3.05, 3.63) is 23.8 Å². The Hall–Kier alpha value is -1.03. The van der Waals surface area contributed by atoms with Crippen molar-refractivity contribution in [2.24, 2.45) is 0 Å². The maximum absolute atomic E-state index is 11.9. The van der Waals surface area contributed by atoms with Gasteiger partial charge in [-0.1, -0.05) is 25.5 Å². The number of aryl methyl sites for hydroxylation is 1. The minimum Gasteiger partial charge on any atom is -0.491 e. The first-order chi connectivity index (χ1) is 7.15. The lowest BCUT2D eigenvalue weighted by atomic mass is 10.1. The van der Waals surface area contributed by atoms with Gasteiger partial charge in [0.15, 0.2) is 9.84 Å². The summed E-state index contributed by atoms with van der Waals surface area (Å²) in [6, 6.07) is 5.45. The second kappa shape index (κ2) is 3.85. The molecule has 1 aromatic carbocycles. The van der Waals surface area contributed by atoms with E-state index in [2.05, 4.69) is 0 Å². The minimum absolute atomic E-state index is 0.0979. The Bertz CT molecular complexity index is 463. The van der Waals surface area contributed by atoms with Gasteiger partial charge in [0.05, 0.1) is 5.75 Å². The van der Waals surface area contributed by atoms with Crippen molar-refractivity contribution in [3.8, 4) is 5.75 Å². The molecule has 1 aromatic rings.